The third-order valence-electron chi connectivity index (χ3n) is 8.12. The van der Waals surface area contributed by atoms with Crippen molar-refractivity contribution >= 4 is 10.9 Å². The van der Waals surface area contributed by atoms with Crippen LogP contribution >= 0.6 is 0 Å². The van der Waals surface area contributed by atoms with Crippen LogP contribution < -0.4 is 22.0 Å². The van der Waals surface area contributed by atoms with Gasteiger partial charge in [0, 0.05) is 30.2 Å². The molecule has 6 aromatic rings. The largest absolute Gasteiger partial charge is 0.375 e. The van der Waals surface area contributed by atoms with Crippen molar-refractivity contribution in [1.82, 2.24) is 40.5 Å². The van der Waals surface area contributed by atoms with Crippen LogP contribution in [0.15, 0.2) is 66.7 Å². The van der Waals surface area contributed by atoms with E-state index in [0.29, 0.717) is 44.0 Å². The molecule has 3 heterocycles. The Labute approximate surface area is 267 Å². The van der Waals surface area contributed by atoms with Crippen molar-refractivity contribution in [2.24, 2.45) is 17.2 Å². The van der Waals surface area contributed by atoms with Gasteiger partial charge in [-0.15, -0.1) is 10.2 Å². The van der Waals surface area contributed by atoms with Gasteiger partial charge < -0.3 is 22.0 Å². The topological polar surface area (TPSA) is 188 Å². The van der Waals surface area contributed by atoms with Crippen LogP contribution in [0.1, 0.15) is 52.4 Å². The summed E-state index contributed by atoms with van der Waals surface area (Å²) in [6.45, 7) is 1.59. The Morgan fingerprint density at radius 2 is 1.57 bits per heavy atom. The van der Waals surface area contributed by atoms with E-state index in [1.165, 1.54) is 22.3 Å². The van der Waals surface area contributed by atoms with Gasteiger partial charge in [0.1, 0.15) is 5.82 Å². The lowest BCUT2D eigenvalue weighted by Gasteiger charge is -2.13. The summed E-state index contributed by atoms with van der Waals surface area (Å²) in [5.74, 6) is 2.85. The second-order valence-corrected chi connectivity index (χ2v) is 11.4. The molecular formula is C34H41N11O. The number of H-pyrrole nitrogens is 2. The second-order valence-electron chi connectivity index (χ2n) is 11.4. The number of unbranched alkanes of at least 4 members (excludes halogenated alkanes) is 1. The first-order valence-corrected chi connectivity index (χ1v) is 15.9. The summed E-state index contributed by atoms with van der Waals surface area (Å²) in [7, 11) is 0. The molecular weight excluding hydrogens is 578 g/mol. The van der Waals surface area contributed by atoms with E-state index in [-0.39, 0.29) is 0 Å². The van der Waals surface area contributed by atoms with E-state index in [1.807, 2.05) is 35.1 Å². The number of nitrogens with one attached hydrogen (secondary N) is 2. The lowest BCUT2D eigenvalue weighted by atomic mass is 9.99. The van der Waals surface area contributed by atoms with E-state index in [0.717, 1.165) is 72.3 Å². The maximum absolute atomic E-state index is 6.59. The molecule has 0 bridgehead atoms. The monoisotopic (exact) mass is 619 g/mol. The molecule has 0 radical (unpaired) electrons. The number of tetrazole rings is 1. The molecule has 6 rings (SSSR count). The third kappa shape index (κ3) is 7.15. The van der Waals surface area contributed by atoms with Crippen LogP contribution in [0.25, 0.3) is 22.3 Å². The van der Waals surface area contributed by atoms with Crippen molar-refractivity contribution in [2.75, 3.05) is 19.6 Å². The zero-order valence-corrected chi connectivity index (χ0v) is 26.0. The molecule has 238 valence electrons. The third-order valence-corrected chi connectivity index (χ3v) is 8.12. The van der Waals surface area contributed by atoms with Crippen LogP contribution in [0.2, 0.25) is 0 Å². The highest BCUT2D eigenvalue weighted by molar-refractivity contribution is 5.89. The van der Waals surface area contributed by atoms with E-state index < -0.39 is 0 Å². The van der Waals surface area contributed by atoms with E-state index in [1.54, 1.807) is 0 Å². The summed E-state index contributed by atoms with van der Waals surface area (Å²) >= 11 is 0. The number of benzene rings is 3. The summed E-state index contributed by atoms with van der Waals surface area (Å²) in [5.41, 5.74) is 25.8. The number of fused-ring (bicyclic) bond motifs is 1. The van der Waals surface area contributed by atoms with Crippen molar-refractivity contribution in [1.29, 1.82) is 0 Å². The summed E-state index contributed by atoms with van der Waals surface area (Å²) in [6, 6.07) is 22.7. The Morgan fingerprint density at radius 1 is 0.761 bits per heavy atom. The van der Waals surface area contributed by atoms with Crippen LogP contribution in [-0.4, -0.2) is 60.2 Å². The highest BCUT2D eigenvalue weighted by atomic mass is 16.7. The van der Waals surface area contributed by atoms with Gasteiger partial charge in [0.2, 0.25) is 0 Å². The van der Waals surface area contributed by atoms with Crippen molar-refractivity contribution in [3.8, 4) is 17.1 Å². The number of aromatic amines is 2. The number of rotatable bonds is 16. The minimum absolute atomic E-state index is 0.494. The predicted octanol–water partition coefficient (Wildman–Crippen LogP) is 3.44. The van der Waals surface area contributed by atoms with Gasteiger partial charge in [-0.2, -0.15) is 15.0 Å². The fourth-order valence-corrected chi connectivity index (χ4v) is 6.08. The van der Waals surface area contributed by atoms with Crippen LogP contribution in [0, 0.1) is 0 Å². The van der Waals surface area contributed by atoms with E-state index in [2.05, 4.69) is 67.2 Å². The molecule has 0 aliphatic rings. The van der Waals surface area contributed by atoms with Crippen molar-refractivity contribution < 1.29 is 4.84 Å². The van der Waals surface area contributed by atoms with E-state index >= 15 is 0 Å². The smallest absolute Gasteiger partial charge is 0.181 e. The first kappa shape index (κ1) is 31.1. The zero-order valence-electron chi connectivity index (χ0n) is 26.0. The van der Waals surface area contributed by atoms with Crippen molar-refractivity contribution in [2.45, 2.75) is 51.4 Å². The molecule has 8 N–H and O–H groups in total. The van der Waals surface area contributed by atoms with Crippen LogP contribution in [0.3, 0.4) is 0 Å². The van der Waals surface area contributed by atoms with Gasteiger partial charge in [-0.05, 0) is 92.2 Å². The fourth-order valence-electron chi connectivity index (χ4n) is 6.08. The number of nitrogens with two attached hydrogens (primary N) is 3. The Kier molecular flexibility index (Phi) is 10.1. The lowest BCUT2D eigenvalue weighted by Crippen LogP contribution is -2.15. The van der Waals surface area contributed by atoms with E-state index in [4.69, 9.17) is 27.0 Å². The maximum Gasteiger partial charge on any atom is 0.181 e. The molecule has 3 aromatic heterocycles. The van der Waals surface area contributed by atoms with Gasteiger partial charge in [-0.1, -0.05) is 53.7 Å². The molecule has 0 saturated carbocycles. The predicted molar refractivity (Wildman–Crippen MR) is 178 cm³/mol. The molecule has 0 spiro atoms. The van der Waals surface area contributed by atoms with Crippen LogP contribution in [-0.2, 0) is 38.5 Å². The average molecular weight is 620 g/mol. The summed E-state index contributed by atoms with van der Waals surface area (Å²) in [4.78, 5) is 11.4. The highest BCUT2D eigenvalue weighted by Crippen LogP contribution is 2.32. The van der Waals surface area contributed by atoms with Crippen LogP contribution in [0.5, 0.6) is 5.75 Å². The molecule has 0 aliphatic carbocycles. The van der Waals surface area contributed by atoms with Gasteiger partial charge in [0.15, 0.2) is 17.4 Å². The first-order chi connectivity index (χ1) is 22.7. The maximum atomic E-state index is 6.59. The van der Waals surface area contributed by atoms with Gasteiger partial charge in [0.05, 0.1) is 11.2 Å². The molecule has 12 heteroatoms. The SMILES string of the molecule is NCCc1cccc2c1c(CCN)c(CCN)n2Oc1cccc(-c2n[nH]c(Cc3cccc(CCCCc4nn[nH]n4)c3)n2)c1. The number of hydrogen-bond acceptors (Lipinski definition) is 9. The minimum Gasteiger partial charge on any atom is -0.375 e. The molecule has 0 atom stereocenters. The van der Waals surface area contributed by atoms with Gasteiger partial charge >= 0.3 is 0 Å². The molecule has 46 heavy (non-hydrogen) atoms. The summed E-state index contributed by atoms with van der Waals surface area (Å²) in [5, 5.41) is 23.0. The second kappa shape index (κ2) is 14.9. The molecule has 0 aliphatic heterocycles. The Balaban J connectivity index is 1.18. The van der Waals surface area contributed by atoms with Crippen LogP contribution in [0.4, 0.5) is 0 Å². The number of hydrogen-bond donors (Lipinski definition) is 5. The quantitative estimate of drug-likeness (QED) is 0.101. The van der Waals surface area contributed by atoms with Gasteiger partial charge in [-0.25, -0.2) is 4.98 Å². The minimum atomic E-state index is 0.494. The van der Waals surface area contributed by atoms with Crippen molar-refractivity contribution in [3.63, 3.8) is 0 Å². The Bertz CT molecular complexity index is 1860. The first-order valence-electron chi connectivity index (χ1n) is 15.9. The number of nitrogens with zero attached hydrogens (tertiary/aromatic N) is 6. The lowest BCUT2D eigenvalue weighted by molar-refractivity contribution is 0.219. The standard InChI is InChI=1S/C34H41N11O/c35-17-14-25-9-5-12-30-33(25)28(15-18-36)29(16-19-37)45(30)46-27-11-4-10-26(22-27)34-38-32(39-42-34)21-24-8-3-7-23(20-24)6-1-2-13-31-40-43-44-41-31/h3-5,7-12,20,22H,1-2,6,13-19,21,35-37H2,(H,38,39,42)(H,40,41,43,44). The number of aryl methyl sites for hydroxylation is 2. The number of aromatic nitrogens is 8. The molecule has 0 amide bonds. The molecule has 3 aromatic carbocycles. The van der Waals surface area contributed by atoms with Gasteiger partial charge in [-0.3, -0.25) is 5.10 Å². The molecule has 12 nitrogen and oxygen atoms in total. The Morgan fingerprint density at radius 3 is 2.39 bits per heavy atom. The highest BCUT2D eigenvalue weighted by Gasteiger charge is 2.20. The fraction of sp³-hybridized carbons (Fsp3) is 0.324. The normalized spacial score (nSPS) is 11.5. The average Bonchev–Trinajstić information content (AvgIpc) is 3.82. The Hall–Kier alpha value is -4.91. The van der Waals surface area contributed by atoms with Gasteiger partial charge in [0.25, 0.3) is 0 Å². The van der Waals surface area contributed by atoms with E-state index in [9.17, 15) is 0 Å². The van der Waals surface area contributed by atoms with Crippen molar-refractivity contribution in [3.05, 3.63) is 106 Å². The molecule has 0 unspecified atom stereocenters. The summed E-state index contributed by atoms with van der Waals surface area (Å²) in [6.07, 6.45) is 6.71. The molecule has 0 fully saturated rings. The summed E-state index contributed by atoms with van der Waals surface area (Å²) < 4.78 is 1.91. The zero-order chi connectivity index (χ0) is 31.7. The molecule has 0 saturated heterocycles.